The molecule has 2 atom stereocenters. The maximum Gasteiger partial charge on any atom is 0.251 e. The van der Waals surface area contributed by atoms with E-state index in [0.717, 1.165) is 57.7 Å². The highest BCUT2D eigenvalue weighted by atomic mass is 16.5. The maximum absolute atomic E-state index is 13.1. The van der Waals surface area contributed by atoms with Gasteiger partial charge in [0.25, 0.3) is 5.91 Å². The van der Waals surface area contributed by atoms with Gasteiger partial charge in [0.2, 0.25) is 0 Å². The molecule has 2 saturated heterocycles. The fraction of sp³-hybridized carbons (Fsp3) is 0.500. The molecule has 1 aromatic heterocycles. The first-order chi connectivity index (χ1) is 14.2. The predicted octanol–water partition coefficient (Wildman–Crippen LogP) is 4.07. The molecule has 0 aliphatic carbocycles. The van der Waals surface area contributed by atoms with Crippen LogP contribution in [0.3, 0.4) is 0 Å². The molecule has 0 bridgehead atoms. The summed E-state index contributed by atoms with van der Waals surface area (Å²) in [6, 6.07) is 16.3. The number of ether oxygens (including phenoxy) is 1. The van der Waals surface area contributed by atoms with Crippen molar-refractivity contribution in [3.05, 3.63) is 60.3 Å². The van der Waals surface area contributed by atoms with E-state index in [-0.39, 0.29) is 18.1 Å². The fourth-order valence-corrected chi connectivity index (χ4v) is 4.51. The number of benzene rings is 1. The average Bonchev–Trinajstić information content (AvgIpc) is 3.29. The van der Waals surface area contributed by atoms with Gasteiger partial charge in [0.1, 0.15) is 11.9 Å². The van der Waals surface area contributed by atoms with E-state index in [4.69, 9.17) is 4.74 Å². The molecule has 3 heterocycles. The Bertz CT molecular complexity index is 775. The van der Waals surface area contributed by atoms with Crippen molar-refractivity contribution in [3.63, 3.8) is 0 Å². The van der Waals surface area contributed by atoms with Crippen LogP contribution in [0.2, 0.25) is 0 Å². The van der Waals surface area contributed by atoms with E-state index in [1.807, 2.05) is 41.4 Å². The molecular formula is C24H31N3O2. The maximum atomic E-state index is 13.1. The highest BCUT2D eigenvalue weighted by Gasteiger charge is 2.34. The Hall–Kier alpha value is -2.40. The van der Waals surface area contributed by atoms with Crippen LogP contribution in [0.5, 0.6) is 0 Å². The molecule has 0 N–H and O–H groups in total. The van der Waals surface area contributed by atoms with E-state index < -0.39 is 0 Å². The van der Waals surface area contributed by atoms with Crippen LogP contribution in [0.15, 0.2) is 54.7 Å². The van der Waals surface area contributed by atoms with Gasteiger partial charge in [-0.05, 0) is 56.2 Å². The number of nitrogens with zero attached hydrogens (tertiary/aromatic N) is 3. The number of carbonyl (C=O) groups is 1. The van der Waals surface area contributed by atoms with Crippen molar-refractivity contribution >= 4 is 11.7 Å². The molecule has 2 fully saturated rings. The second-order valence-electron chi connectivity index (χ2n) is 8.10. The third-order valence-electron chi connectivity index (χ3n) is 6.23. The van der Waals surface area contributed by atoms with Crippen LogP contribution in [-0.4, -0.2) is 48.1 Å². The molecule has 29 heavy (non-hydrogen) atoms. The van der Waals surface area contributed by atoms with Gasteiger partial charge in [-0.25, -0.2) is 4.98 Å². The van der Waals surface area contributed by atoms with E-state index >= 15 is 0 Å². The van der Waals surface area contributed by atoms with E-state index in [2.05, 4.69) is 35.0 Å². The molecule has 2 aromatic rings. The summed E-state index contributed by atoms with van der Waals surface area (Å²) in [4.78, 5) is 21.9. The molecule has 1 aromatic carbocycles. The third-order valence-corrected chi connectivity index (χ3v) is 6.23. The summed E-state index contributed by atoms with van der Waals surface area (Å²) in [5.41, 5.74) is 1.17. The quantitative estimate of drug-likeness (QED) is 0.742. The van der Waals surface area contributed by atoms with Crippen LogP contribution in [0, 0.1) is 5.92 Å². The molecule has 154 valence electrons. The molecule has 1 amide bonds. The van der Waals surface area contributed by atoms with Crippen molar-refractivity contribution in [2.24, 2.45) is 5.92 Å². The van der Waals surface area contributed by atoms with Crippen molar-refractivity contribution in [1.29, 1.82) is 0 Å². The topological polar surface area (TPSA) is 45.7 Å². The summed E-state index contributed by atoms with van der Waals surface area (Å²) in [5, 5.41) is 0. The Balaban J connectivity index is 1.29. The zero-order valence-electron chi connectivity index (χ0n) is 17.2. The Kier molecular flexibility index (Phi) is 6.45. The van der Waals surface area contributed by atoms with Gasteiger partial charge in [-0.3, -0.25) is 4.79 Å². The number of likely N-dealkylation sites (N-methyl/N-ethyl adjacent to an activating group) is 1. The first-order valence-corrected chi connectivity index (χ1v) is 10.9. The third kappa shape index (κ3) is 4.78. The van der Waals surface area contributed by atoms with Crippen LogP contribution in [-0.2, 0) is 9.53 Å². The monoisotopic (exact) mass is 393 g/mol. The highest BCUT2D eigenvalue weighted by Crippen LogP contribution is 2.33. The normalized spacial score (nSPS) is 22.6. The lowest BCUT2D eigenvalue weighted by molar-refractivity contribution is -0.143. The largest absolute Gasteiger partial charge is 0.360 e. The molecule has 0 saturated carbocycles. The Morgan fingerprint density at radius 1 is 1.07 bits per heavy atom. The van der Waals surface area contributed by atoms with Gasteiger partial charge in [-0.15, -0.1) is 0 Å². The summed E-state index contributed by atoms with van der Waals surface area (Å²) in [7, 11) is 0. The summed E-state index contributed by atoms with van der Waals surface area (Å²) in [6.07, 6.45) is 5.52. The predicted molar refractivity (Wildman–Crippen MR) is 115 cm³/mol. The van der Waals surface area contributed by atoms with Crippen molar-refractivity contribution in [2.45, 2.75) is 44.8 Å². The minimum absolute atomic E-state index is 0.0467. The molecule has 0 radical (unpaired) electrons. The number of carbonyl (C=O) groups excluding carboxylic acids is 1. The van der Waals surface area contributed by atoms with Crippen LogP contribution < -0.4 is 4.90 Å². The van der Waals surface area contributed by atoms with Crippen LogP contribution >= 0.6 is 0 Å². The minimum atomic E-state index is -0.297. The van der Waals surface area contributed by atoms with Crippen LogP contribution in [0.4, 0.5) is 5.82 Å². The van der Waals surface area contributed by atoms with Crippen LogP contribution in [0.1, 0.15) is 44.3 Å². The lowest BCUT2D eigenvalue weighted by Crippen LogP contribution is -2.44. The average molecular weight is 394 g/mol. The number of anilines is 1. The number of amides is 1. The Morgan fingerprint density at radius 2 is 1.83 bits per heavy atom. The van der Waals surface area contributed by atoms with E-state index in [0.29, 0.717) is 5.92 Å². The zero-order valence-corrected chi connectivity index (χ0v) is 17.2. The summed E-state index contributed by atoms with van der Waals surface area (Å²) in [5.74, 6) is 1.77. The number of pyridine rings is 1. The van der Waals surface area contributed by atoms with E-state index in [9.17, 15) is 4.79 Å². The lowest BCUT2D eigenvalue weighted by Gasteiger charge is -2.35. The zero-order chi connectivity index (χ0) is 20.1. The summed E-state index contributed by atoms with van der Waals surface area (Å²) < 4.78 is 6.15. The van der Waals surface area contributed by atoms with Gasteiger partial charge < -0.3 is 14.5 Å². The fourth-order valence-electron chi connectivity index (χ4n) is 4.51. The molecule has 5 heteroatoms. The van der Waals surface area contributed by atoms with Crippen molar-refractivity contribution < 1.29 is 9.53 Å². The number of aromatic nitrogens is 1. The molecule has 2 aliphatic rings. The molecular weight excluding hydrogens is 362 g/mol. The standard InChI is InChI=1S/C24H31N3O2/c1-2-26(18-19-13-16-27(17-14-19)23-10-6-7-15-25-23)24(28)22-12-11-21(29-22)20-8-4-3-5-9-20/h3-10,15,19,21-22H,2,11-14,16-18H2,1H3/t21-,22+/m0/s1. The molecule has 2 aliphatic heterocycles. The number of piperidine rings is 1. The number of rotatable bonds is 6. The Labute approximate surface area is 173 Å². The summed E-state index contributed by atoms with van der Waals surface area (Å²) in [6.45, 7) is 5.66. The van der Waals surface area contributed by atoms with Crippen molar-refractivity contribution in [2.75, 3.05) is 31.1 Å². The minimum Gasteiger partial charge on any atom is -0.360 e. The number of hydrogen-bond acceptors (Lipinski definition) is 4. The lowest BCUT2D eigenvalue weighted by atomic mass is 9.96. The Morgan fingerprint density at radius 3 is 2.52 bits per heavy atom. The molecule has 5 nitrogen and oxygen atoms in total. The van der Waals surface area contributed by atoms with Gasteiger partial charge >= 0.3 is 0 Å². The van der Waals surface area contributed by atoms with Crippen LogP contribution in [0.25, 0.3) is 0 Å². The van der Waals surface area contributed by atoms with E-state index in [1.165, 1.54) is 5.56 Å². The smallest absolute Gasteiger partial charge is 0.251 e. The highest BCUT2D eigenvalue weighted by molar-refractivity contribution is 5.81. The molecule has 0 spiro atoms. The van der Waals surface area contributed by atoms with Gasteiger partial charge in [-0.1, -0.05) is 36.4 Å². The first-order valence-electron chi connectivity index (χ1n) is 10.9. The van der Waals surface area contributed by atoms with Gasteiger partial charge in [0.15, 0.2) is 0 Å². The molecule has 0 unspecified atom stereocenters. The van der Waals surface area contributed by atoms with Gasteiger partial charge in [0, 0.05) is 32.4 Å². The van der Waals surface area contributed by atoms with Crippen molar-refractivity contribution in [3.8, 4) is 0 Å². The number of hydrogen-bond donors (Lipinski definition) is 0. The summed E-state index contributed by atoms with van der Waals surface area (Å²) >= 11 is 0. The van der Waals surface area contributed by atoms with Crippen molar-refractivity contribution in [1.82, 2.24) is 9.88 Å². The van der Waals surface area contributed by atoms with E-state index in [1.54, 1.807) is 0 Å². The first kappa shape index (κ1) is 19.9. The van der Waals surface area contributed by atoms with Gasteiger partial charge in [-0.2, -0.15) is 0 Å². The SMILES string of the molecule is CCN(CC1CCN(c2ccccn2)CC1)C(=O)[C@H]1CC[C@@H](c2ccccc2)O1. The molecule has 4 rings (SSSR count). The second-order valence-corrected chi connectivity index (χ2v) is 8.10. The second kappa shape index (κ2) is 9.40. The van der Waals surface area contributed by atoms with Gasteiger partial charge in [0.05, 0.1) is 6.10 Å².